The first kappa shape index (κ1) is 5.76. The van der Waals surface area contributed by atoms with Crippen molar-refractivity contribution in [3.05, 3.63) is 12.7 Å². The molecule has 2 heteroatoms. The molecule has 0 unspecified atom stereocenters. The first-order valence-corrected chi connectivity index (χ1v) is 2.25. The molecule has 0 aliphatic carbocycles. The zero-order chi connectivity index (χ0) is 4.99. The average Bonchev–Trinajstić information content (AvgIpc) is 1.65. The molecule has 0 rings (SSSR count). The summed E-state index contributed by atoms with van der Waals surface area (Å²) in [5.74, 6) is 0.490. The van der Waals surface area contributed by atoms with E-state index in [-0.39, 0.29) is 0 Å². The molecule has 0 amide bonds. The van der Waals surface area contributed by atoms with E-state index in [1.807, 2.05) is 0 Å². The van der Waals surface area contributed by atoms with Crippen molar-refractivity contribution in [2.24, 2.45) is 0 Å². The lowest BCUT2D eigenvalue weighted by atomic mass is 10.4. The minimum absolute atomic E-state index is 0.471. The molecule has 0 spiro atoms. The van der Waals surface area contributed by atoms with Gasteiger partial charge in [-0.3, -0.25) is 0 Å². The summed E-state index contributed by atoms with van der Waals surface area (Å²) in [5.41, 5.74) is 0.471. The second-order valence-electron chi connectivity index (χ2n) is 0.887. The summed E-state index contributed by atoms with van der Waals surface area (Å²) >= 11 is 3.80. The van der Waals surface area contributed by atoms with E-state index >= 15 is 0 Å². The van der Waals surface area contributed by atoms with Gasteiger partial charge in [0, 0.05) is 11.5 Å². The minimum atomic E-state index is 0.471. The number of hydrogen-bond acceptors (Lipinski definition) is 2. The van der Waals surface area contributed by atoms with Crippen LogP contribution in [0.1, 0.15) is 0 Å². The van der Waals surface area contributed by atoms with Gasteiger partial charge >= 0.3 is 0 Å². The molecule has 1 nitrogen and oxygen atoms in total. The largest absolute Gasteiger partial charge is 0.304 e. The molecule has 0 fully saturated rings. The number of rotatable bonds is 2. The van der Waals surface area contributed by atoms with Gasteiger partial charge in [0.1, 0.15) is 0 Å². The fraction of sp³-hybridized carbons (Fsp3) is 0.250. The van der Waals surface area contributed by atoms with Gasteiger partial charge in [0.15, 0.2) is 0 Å². The molecule has 0 saturated heterocycles. The highest BCUT2D eigenvalue weighted by Crippen LogP contribution is 1.75. The van der Waals surface area contributed by atoms with Crippen molar-refractivity contribution in [3.63, 3.8) is 0 Å². The summed E-state index contributed by atoms with van der Waals surface area (Å²) in [6, 6.07) is 0. The van der Waals surface area contributed by atoms with E-state index in [1.54, 1.807) is 0 Å². The van der Waals surface area contributed by atoms with Crippen LogP contribution in [0.25, 0.3) is 0 Å². The molecule has 34 valence electrons. The van der Waals surface area contributed by atoms with E-state index in [4.69, 9.17) is 5.41 Å². The molecule has 1 N–H and O–H groups in total. The Bertz CT molecular complexity index is 67.9. The minimum Gasteiger partial charge on any atom is -0.304 e. The lowest BCUT2D eigenvalue weighted by molar-refractivity contribution is 1.51. The quantitative estimate of drug-likeness (QED) is 0.385. The maximum absolute atomic E-state index is 6.79. The first-order chi connectivity index (χ1) is 2.81. The summed E-state index contributed by atoms with van der Waals surface area (Å²) in [4.78, 5) is 0. The summed E-state index contributed by atoms with van der Waals surface area (Å²) in [5, 5.41) is 6.79. The Morgan fingerprint density at radius 1 is 2.00 bits per heavy atom. The Morgan fingerprint density at radius 2 is 2.50 bits per heavy atom. The number of thiol groups is 1. The SMILES string of the molecule is C=CC(=N)CS. The zero-order valence-corrected chi connectivity index (χ0v) is 4.33. The molecule has 0 aromatic rings. The van der Waals surface area contributed by atoms with Crippen LogP contribution in [0.3, 0.4) is 0 Å². The summed E-state index contributed by atoms with van der Waals surface area (Å²) in [7, 11) is 0. The van der Waals surface area contributed by atoms with E-state index in [2.05, 4.69) is 19.2 Å². The Labute approximate surface area is 43.0 Å². The molecule has 0 aliphatic rings. The fourth-order valence-electron chi connectivity index (χ4n) is 0.0645. The fourth-order valence-corrected chi connectivity index (χ4v) is 0.194. The zero-order valence-electron chi connectivity index (χ0n) is 3.44. The van der Waals surface area contributed by atoms with E-state index in [0.29, 0.717) is 11.5 Å². The Hall–Kier alpha value is -0.240. The smallest absolute Gasteiger partial charge is 0.0404 e. The molecule has 0 saturated carbocycles. The summed E-state index contributed by atoms with van der Waals surface area (Å²) in [6.45, 7) is 3.36. The van der Waals surface area contributed by atoms with E-state index < -0.39 is 0 Å². The van der Waals surface area contributed by atoms with Crippen molar-refractivity contribution < 1.29 is 0 Å². The average molecular weight is 101 g/mol. The van der Waals surface area contributed by atoms with Gasteiger partial charge in [-0.05, 0) is 6.08 Å². The van der Waals surface area contributed by atoms with Crippen LogP contribution in [0, 0.1) is 5.41 Å². The first-order valence-electron chi connectivity index (χ1n) is 1.62. The predicted molar refractivity (Wildman–Crippen MR) is 31.8 cm³/mol. The van der Waals surface area contributed by atoms with Gasteiger partial charge in [-0.1, -0.05) is 6.58 Å². The summed E-state index contributed by atoms with van der Waals surface area (Å²) < 4.78 is 0. The van der Waals surface area contributed by atoms with Crippen molar-refractivity contribution in [1.29, 1.82) is 5.41 Å². The molecule has 6 heavy (non-hydrogen) atoms. The van der Waals surface area contributed by atoms with Gasteiger partial charge < -0.3 is 5.41 Å². The third kappa shape index (κ3) is 2.03. The molecule has 0 aliphatic heterocycles. The van der Waals surface area contributed by atoms with Crippen LogP contribution in [-0.4, -0.2) is 11.5 Å². The molecule has 0 aromatic heterocycles. The third-order valence-electron chi connectivity index (χ3n) is 0.417. The van der Waals surface area contributed by atoms with Gasteiger partial charge in [0.2, 0.25) is 0 Å². The maximum atomic E-state index is 6.79. The monoisotopic (exact) mass is 101 g/mol. The third-order valence-corrected chi connectivity index (χ3v) is 0.757. The number of nitrogens with one attached hydrogen (secondary N) is 1. The van der Waals surface area contributed by atoms with Crippen molar-refractivity contribution in [3.8, 4) is 0 Å². The van der Waals surface area contributed by atoms with Crippen LogP contribution in [0.5, 0.6) is 0 Å². The normalized spacial score (nSPS) is 7.50. The Kier molecular flexibility index (Phi) is 2.85. The van der Waals surface area contributed by atoms with Crippen LogP contribution in [0.2, 0.25) is 0 Å². The van der Waals surface area contributed by atoms with Gasteiger partial charge in [0.05, 0.1) is 0 Å². The van der Waals surface area contributed by atoms with Gasteiger partial charge in [-0.25, -0.2) is 0 Å². The molecular formula is C4H7NS. The topological polar surface area (TPSA) is 23.9 Å². The highest BCUT2D eigenvalue weighted by Gasteiger charge is 1.76. The van der Waals surface area contributed by atoms with E-state index in [9.17, 15) is 0 Å². The lowest BCUT2D eigenvalue weighted by Crippen LogP contribution is -1.88. The van der Waals surface area contributed by atoms with Crippen molar-refractivity contribution in [1.82, 2.24) is 0 Å². The summed E-state index contributed by atoms with van der Waals surface area (Å²) in [6.07, 6.45) is 1.48. The molecule has 0 aromatic carbocycles. The predicted octanol–water partition coefficient (Wildman–Crippen LogP) is 1.12. The number of hydrogen-bond donors (Lipinski definition) is 2. The molecular weight excluding hydrogens is 94.1 g/mol. The molecule has 0 heterocycles. The van der Waals surface area contributed by atoms with Crippen LogP contribution in [-0.2, 0) is 0 Å². The molecule has 0 atom stereocenters. The van der Waals surface area contributed by atoms with Crippen molar-refractivity contribution in [2.45, 2.75) is 0 Å². The van der Waals surface area contributed by atoms with Crippen LogP contribution >= 0.6 is 12.6 Å². The second kappa shape index (κ2) is 2.97. The van der Waals surface area contributed by atoms with E-state index in [1.165, 1.54) is 6.08 Å². The second-order valence-corrected chi connectivity index (χ2v) is 1.20. The van der Waals surface area contributed by atoms with Gasteiger partial charge in [0.25, 0.3) is 0 Å². The van der Waals surface area contributed by atoms with E-state index in [0.717, 1.165) is 0 Å². The lowest BCUT2D eigenvalue weighted by Gasteiger charge is -1.80. The number of allylic oxidation sites excluding steroid dienone is 1. The highest BCUT2D eigenvalue weighted by molar-refractivity contribution is 7.81. The van der Waals surface area contributed by atoms with Gasteiger partial charge in [-0.15, -0.1) is 0 Å². The maximum Gasteiger partial charge on any atom is 0.0404 e. The van der Waals surface area contributed by atoms with Gasteiger partial charge in [-0.2, -0.15) is 12.6 Å². The Balaban J connectivity index is 3.23. The molecule has 0 bridgehead atoms. The Morgan fingerprint density at radius 3 is 2.50 bits per heavy atom. The molecule has 0 radical (unpaired) electrons. The van der Waals surface area contributed by atoms with Crippen molar-refractivity contribution in [2.75, 3.05) is 5.75 Å². The standard InChI is InChI=1S/C4H7NS/c1-2-4(5)3-6/h2,5-6H,1,3H2. The van der Waals surface area contributed by atoms with Crippen LogP contribution in [0.15, 0.2) is 12.7 Å². The van der Waals surface area contributed by atoms with Crippen LogP contribution in [0.4, 0.5) is 0 Å². The van der Waals surface area contributed by atoms with Crippen molar-refractivity contribution >= 4 is 18.3 Å². The highest BCUT2D eigenvalue weighted by atomic mass is 32.1. The van der Waals surface area contributed by atoms with Crippen LogP contribution < -0.4 is 0 Å².